The first-order valence-corrected chi connectivity index (χ1v) is 6.50. The molecule has 6 heteroatoms. The van der Waals surface area contributed by atoms with Crippen molar-refractivity contribution in [1.29, 1.82) is 0 Å². The molecule has 3 N–H and O–H groups in total. The van der Waals surface area contributed by atoms with Gasteiger partial charge in [-0.3, -0.25) is 4.79 Å². The van der Waals surface area contributed by atoms with Crippen LogP contribution in [-0.2, 0) is 0 Å². The Labute approximate surface area is 109 Å². The third kappa shape index (κ3) is 2.84. The van der Waals surface area contributed by atoms with Gasteiger partial charge in [0, 0.05) is 4.88 Å². The molecule has 0 aliphatic carbocycles. The highest BCUT2D eigenvalue weighted by Crippen LogP contribution is 2.21. The lowest BCUT2D eigenvalue weighted by molar-refractivity contribution is 0.0931. The van der Waals surface area contributed by atoms with E-state index in [1.54, 1.807) is 11.3 Å². The van der Waals surface area contributed by atoms with Crippen LogP contribution in [0.4, 0.5) is 5.82 Å². The molecule has 0 fully saturated rings. The Morgan fingerprint density at radius 3 is 2.89 bits per heavy atom. The quantitative estimate of drug-likeness (QED) is 0.883. The Morgan fingerprint density at radius 2 is 2.33 bits per heavy atom. The number of carbonyl (C=O) groups is 1. The van der Waals surface area contributed by atoms with E-state index in [9.17, 15) is 4.79 Å². The molecule has 1 atom stereocenters. The average molecular weight is 262 g/mol. The molecule has 2 aromatic heterocycles. The first kappa shape index (κ1) is 12.5. The fourth-order valence-corrected chi connectivity index (χ4v) is 2.41. The summed E-state index contributed by atoms with van der Waals surface area (Å²) in [7, 11) is 0. The first-order chi connectivity index (χ1) is 8.70. The zero-order valence-corrected chi connectivity index (χ0v) is 10.8. The predicted molar refractivity (Wildman–Crippen MR) is 71.3 cm³/mol. The number of rotatable bonds is 4. The van der Waals surface area contributed by atoms with Crippen LogP contribution in [0, 0.1) is 0 Å². The summed E-state index contributed by atoms with van der Waals surface area (Å²) in [6.45, 7) is 2.03. The fraction of sp³-hybridized carbons (Fsp3) is 0.250. The van der Waals surface area contributed by atoms with Gasteiger partial charge in [-0.2, -0.15) is 0 Å². The summed E-state index contributed by atoms with van der Waals surface area (Å²) in [5.74, 6) is 0.0691. The van der Waals surface area contributed by atoms with Crippen molar-refractivity contribution in [1.82, 2.24) is 15.3 Å². The number of nitrogens with two attached hydrogens (primary N) is 1. The number of hydrogen-bond donors (Lipinski definition) is 2. The number of anilines is 1. The normalized spacial score (nSPS) is 12.1. The van der Waals surface area contributed by atoms with Gasteiger partial charge < -0.3 is 11.1 Å². The second-order valence-electron chi connectivity index (χ2n) is 3.78. The monoisotopic (exact) mass is 262 g/mol. The van der Waals surface area contributed by atoms with Crippen molar-refractivity contribution in [2.75, 3.05) is 5.73 Å². The maximum Gasteiger partial charge on any atom is 0.271 e. The van der Waals surface area contributed by atoms with E-state index in [2.05, 4.69) is 15.3 Å². The summed E-state index contributed by atoms with van der Waals surface area (Å²) >= 11 is 1.62. The molecule has 5 nitrogen and oxygen atoms in total. The minimum atomic E-state index is -0.234. The van der Waals surface area contributed by atoms with Gasteiger partial charge in [-0.1, -0.05) is 13.0 Å². The van der Waals surface area contributed by atoms with E-state index in [4.69, 9.17) is 5.73 Å². The second kappa shape index (κ2) is 5.59. The molecule has 2 aromatic rings. The van der Waals surface area contributed by atoms with Gasteiger partial charge in [0.1, 0.15) is 11.5 Å². The minimum Gasteiger partial charge on any atom is -0.382 e. The Kier molecular flexibility index (Phi) is 3.88. The molecule has 0 bridgehead atoms. The van der Waals surface area contributed by atoms with Crippen LogP contribution < -0.4 is 11.1 Å². The Bertz CT molecular complexity index is 509. The lowest BCUT2D eigenvalue weighted by Crippen LogP contribution is -2.28. The zero-order valence-electron chi connectivity index (χ0n) is 9.96. The molecule has 94 valence electrons. The molecule has 0 saturated heterocycles. The lowest BCUT2D eigenvalue weighted by atomic mass is 10.2. The largest absolute Gasteiger partial charge is 0.382 e. The summed E-state index contributed by atoms with van der Waals surface area (Å²) in [5.41, 5.74) is 5.70. The Morgan fingerprint density at radius 1 is 1.50 bits per heavy atom. The molecular weight excluding hydrogens is 248 g/mol. The van der Waals surface area contributed by atoms with Gasteiger partial charge in [0.2, 0.25) is 0 Å². The summed E-state index contributed by atoms with van der Waals surface area (Å²) in [6, 6.07) is 3.99. The van der Waals surface area contributed by atoms with Crippen LogP contribution >= 0.6 is 11.3 Å². The van der Waals surface area contributed by atoms with Gasteiger partial charge in [-0.05, 0) is 17.9 Å². The number of nitrogens with zero attached hydrogens (tertiary/aromatic N) is 2. The van der Waals surface area contributed by atoms with Gasteiger partial charge in [0.25, 0.3) is 5.91 Å². The maximum absolute atomic E-state index is 12.0. The number of hydrogen-bond acceptors (Lipinski definition) is 5. The van der Waals surface area contributed by atoms with Crippen LogP contribution in [-0.4, -0.2) is 15.9 Å². The Balaban J connectivity index is 2.08. The van der Waals surface area contributed by atoms with Crippen LogP contribution in [0.15, 0.2) is 29.9 Å². The molecule has 2 heterocycles. The number of nitrogen functional groups attached to an aromatic ring is 1. The number of nitrogens with one attached hydrogen (secondary N) is 1. The van der Waals surface area contributed by atoms with Crippen LogP contribution in [0.2, 0.25) is 0 Å². The third-order valence-electron chi connectivity index (χ3n) is 2.50. The van der Waals surface area contributed by atoms with Gasteiger partial charge in [-0.15, -0.1) is 11.3 Å². The molecule has 1 unspecified atom stereocenters. The summed E-state index contributed by atoms with van der Waals surface area (Å²) < 4.78 is 0. The number of carbonyl (C=O) groups excluding carboxylic acids is 1. The van der Waals surface area contributed by atoms with Crippen molar-refractivity contribution in [3.63, 3.8) is 0 Å². The number of amides is 1. The van der Waals surface area contributed by atoms with E-state index in [0.717, 1.165) is 11.3 Å². The first-order valence-electron chi connectivity index (χ1n) is 5.62. The SMILES string of the molecule is CCC(NC(=O)c1cnc(N)cn1)c1cccs1. The smallest absolute Gasteiger partial charge is 0.271 e. The molecule has 0 radical (unpaired) electrons. The molecule has 0 aliphatic heterocycles. The molecule has 18 heavy (non-hydrogen) atoms. The fourth-order valence-electron chi connectivity index (χ4n) is 1.55. The number of thiophene rings is 1. The number of aromatic nitrogens is 2. The summed E-state index contributed by atoms with van der Waals surface area (Å²) in [5, 5.41) is 4.93. The highest BCUT2D eigenvalue weighted by Gasteiger charge is 2.15. The van der Waals surface area contributed by atoms with E-state index >= 15 is 0 Å². The maximum atomic E-state index is 12.0. The lowest BCUT2D eigenvalue weighted by Gasteiger charge is -2.14. The molecule has 0 spiro atoms. The minimum absolute atomic E-state index is 0.0110. The predicted octanol–water partition coefficient (Wildman–Crippen LogP) is 2.00. The van der Waals surface area contributed by atoms with Crippen molar-refractivity contribution < 1.29 is 4.79 Å². The van der Waals surface area contributed by atoms with Gasteiger partial charge in [0.05, 0.1) is 18.4 Å². The van der Waals surface area contributed by atoms with Crippen molar-refractivity contribution >= 4 is 23.1 Å². The van der Waals surface area contributed by atoms with E-state index in [0.29, 0.717) is 5.82 Å². The average Bonchev–Trinajstić information content (AvgIpc) is 2.90. The van der Waals surface area contributed by atoms with Crippen molar-refractivity contribution in [2.45, 2.75) is 19.4 Å². The molecule has 0 saturated carbocycles. The van der Waals surface area contributed by atoms with Crippen LogP contribution in [0.25, 0.3) is 0 Å². The summed E-state index contributed by atoms with van der Waals surface area (Å²) in [4.78, 5) is 20.9. The molecule has 1 amide bonds. The van der Waals surface area contributed by atoms with Crippen LogP contribution in [0.5, 0.6) is 0 Å². The van der Waals surface area contributed by atoms with Gasteiger partial charge in [-0.25, -0.2) is 9.97 Å². The van der Waals surface area contributed by atoms with Crippen molar-refractivity contribution in [3.05, 3.63) is 40.5 Å². The molecular formula is C12H14N4OS. The van der Waals surface area contributed by atoms with E-state index in [1.165, 1.54) is 12.4 Å². The van der Waals surface area contributed by atoms with Crippen LogP contribution in [0.1, 0.15) is 34.8 Å². The second-order valence-corrected chi connectivity index (χ2v) is 4.76. The van der Waals surface area contributed by atoms with Gasteiger partial charge in [0.15, 0.2) is 0 Å². The highest BCUT2D eigenvalue weighted by atomic mass is 32.1. The zero-order chi connectivity index (χ0) is 13.0. The Hall–Kier alpha value is -1.95. The third-order valence-corrected chi connectivity index (χ3v) is 3.49. The molecule has 0 aromatic carbocycles. The van der Waals surface area contributed by atoms with E-state index < -0.39 is 0 Å². The molecule has 0 aliphatic rings. The summed E-state index contributed by atoms with van der Waals surface area (Å²) in [6.07, 6.45) is 3.58. The van der Waals surface area contributed by atoms with E-state index in [1.807, 2.05) is 24.4 Å². The van der Waals surface area contributed by atoms with Crippen molar-refractivity contribution in [2.24, 2.45) is 0 Å². The molecule has 2 rings (SSSR count). The van der Waals surface area contributed by atoms with E-state index in [-0.39, 0.29) is 17.6 Å². The van der Waals surface area contributed by atoms with Crippen molar-refractivity contribution in [3.8, 4) is 0 Å². The highest BCUT2D eigenvalue weighted by molar-refractivity contribution is 7.10. The van der Waals surface area contributed by atoms with Crippen LogP contribution in [0.3, 0.4) is 0 Å². The van der Waals surface area contributed by atoms with Gasteiger partial charge >= 0.3 is 0 Å². The standard InChI is InChI=1S/C12H14N4OS/c1-2-8(10-4-3-5-18-10)16-12(17)9-6-15-11(13)7-14-9/h3-8H,2H2,1H3,(H2,13,15)(H,16,17). The topological polar surface area (TPSA) is 80.9 Å².